The standard InChI is InChI=1S/C15H19NO3/c17-12-2-1-11-4-6-16-5-3-10-9-19-14(18)7-13(10)15(11,16)8-12/h1-2,4,10,12-13,17H,3,5-9H2/t10-,12+,13+,15+/m1/s1. The number of aliphatic hydroxyl groups is 1. The minimum atomic E-state index is -0.394. The molecule has 0 aromatic heterocycles. The molecule has 4 rings (SSSR count). The summed E-state index contributed by atoms with van der Waals surface area (Å²) < 4.78 is 5.24. The van der Waals surface area contributed by atoms with Crippen LogP contribution in [0.4, 0.5) is 0 Å². The van der Waals surface area contributed by atoms with Gasteiger partial charge >= 0.3 is 5.97 Å². The largest absolute Gasteiger partial charge is 0.465 e. The van der Waals surface area contributed by atoms with Gasteiger partial charge in [-0.25, -0.2) is 0 Å². The summed E-state index contributed by atoms with van der Waals surface area (Å²) in [7, 11) is 0. The number of rotatable bonds is 0. The van der Waals surface area contributed by atoms with Gasteiger partial charge in [0.05, 0.1) is 24.7 Å². The molecule has 0 amide bonds. The summed E-state index contributed by atoms with van der Waals surface area (Å²) in [5.74, 6) is 0.678. The minimum Gasteiger partial charge on any atom is -0.465 e. The van der Waals surface area contributed by atoms with Gasteiger partial charge < -0.3 is 9.84 Å². The van der Waals surface area contributed by atoms with E-state index in [1.807, 2.05) is 6.08 Å². The van der Waals surface area contributed by atoms with E-state index in [0.717, 1.165) is 25.9 Å². The van der Waals surface area contributed by atoms with Crippen LogP contribution < -0.4 is 0 Å². The normalized spacial score (nSPS) is 45.0. The first-order valence-corrected chi connectivity index (χ1v) is 7.18. The smallest absolute Gasteiger partial charge is 0.306 e. The van der Waals surface area contributed by atoms with Gasteiger partial charge in [0.1, 0.15) is 0 Å². The Morgan fingerprint density at radius 2 is 2.37 bits per heavy atom. The van der Waals surface area contributed by atoms with Gasteiger partial charge in [-0.15, -0.1) is 0 Å². The zero-order chi connectivity index (χ0) is 13.0. The van der Waals surface area contributed by atoms with Crippen LogP contribution in [0.2, 0.25) is 0 Å². The fourth-order valence-corrected chi connectivity index (χ4v) is 4.57. The number of esters is 1. The Hall–Kier alpha value is -1.13. The molecule has 19 heavy (non-hydrogen) atoms. The van der Waals surface area contributed by atoms with Gasteiger partial charge in [-0.1, -0.05) is 18.2 Å². The van der Waals surface area contributed by atoms with Crippen molar-refractivity contribution in [1.82, 2.24) is 4.90 Å². The quantitative estimate of drug-likeness (QED) is 0.657. The Labute approximate surface area is 112 Å². The fraction of sp³-hybridized carbons (Fsp3) is 0.667. The number of carbonyl (C=O) groups is 1. The van der Waals surface area contributed by atoms with Crippen LogP contribution in [0.1, 0.15) is 19.3 Å². The maximum Gasteiger partial charge on any atom is 0.306 e. The van der Waals surface area contributed by atoms with Crippen molar-refractivity contribution in [3.05, 3.63) is 23.8 Å². The molecule has 1 N–H and O–H groups in total. The van der Waals surface area contributed by atoms with E-state index < -0.39 is 6.10 Å². The van der Waals surface area contributed by atoms with Crippen molar-refractivity contribution in [2.75, 3.05) is 19.7 Å². The summed E-state index contributed by atoms with van der Waals surface area (Å²) in [5.41, 5.74) is 1.19. The van der Waals surface area contributed by atoms with Crippen molar-refractivity contribution in [2.45, 2.75) is 30.9 Å². The highest BCUT2D eigenvalue weighted by Gasteiger charge is 2.57. The van der Waals surface area contributed by atoms with Crippen LogP contribution in [-0.2, 0) is 9.53 Å². The van der Waals surface area contributed by atoms with E-state index in [2.05, 4.69) is 17.1 Å². The van der Waals surface area contributed by atoms with Gasteiger partial charge in [0.25, 0.3) is 0 Å². The highest BCUT2D eigenvalue weighted by Crippen LogP contribution is 2.52. The van der Waals surface area contributed by atoms with Crippen LogP contribution in [0, 0.1) is 11.8 Å². The molecular formula is C15H19NO3. The number of hydrogen-bond acceptors (Lipinski definition) is 4. The predicted molar refractivity (Wildman–Crippen MR) is 69.3 cm³/mol. The Kier molecular flexibility index (Phi) is 2.42. The summed E-state index contributed by atoms with van der Waals surface area (Å²) in [5, 5.41) is 10.1. The van der Waals surface area contributed by atoms with Crippen molar-refractivity contribution in [3.8, 4) is 0 Å². The molecule has 0 unspecified atom stereocenters. The summed E-state index contributed by atoms with van der Waals surface area (Å²) in [6.45, 7) is 2.55. The Bertz CT molecular complexity index is 484. The van der Waals surface area contributed by atoms with E-state index in [4.69, 9.17) is 4.74 Å². The van der Waals surface area contributed by atoms with E-state index >= 15 is 0 Å². The monoisotopic (exact) mass is 261 g/mol. The Balaban J connectivity index is 1.78. The summed E-state index contributed by atoms with van der Waals surface area (Å²) in [6.07, 6.45) is 8.14. The van der Waals surface area contributed by atoms with Crippen molar-refractivity contribution >= 4 is 5.97 Å². The third-order valence-corrected chi connectivity index (χ3v) is 5.41. The number of hydrogen-bond donors (Lipinski definition) is 1. The molecule has 4 atom stereocenters. The topological polar surface area (TPSA) is 49.8 Å². The van der Waals surface area contributed by atoms with Crippen LogP contribution in [0.25, 0.3) is 0 Å². The lowest BCUT2D eigenvalue weighted by Crippen LogP contribution is -2.62. The van der Waals surface area contributed by atoms with Gasteiger partial charge in [0.15, 0.2) is 0 Å². The number of ether oxygens (including phenoxy) is 1. The molecule has 2 saturated heterocycles. The van der Waals surface area contributed by atoms with E-state index in [1.54, 1.807) is 0 Å². The first-order chi connectivity index (χ1) is 9.20. The van der Waals surface area contributed by atoms with Gasteiger partial charge in [-0.05, 0) is 36.8 Å². The highest BCUT2D eigenvalue weighted by molar-refractivity contribution is 5.71. The van der Waals surface area contributed by atoms with Gasteiger partial charge in [0.2, 0.25) is 0 Å². The van der Waals surface area contributed by atoms with Crippen molar-refractivity contribution < 1.29 is 14.6 Å². The van der Waals surface area contributed by atoms with Crippen molar-refractivity contribution in [3.63, 3.8) is 0 Å². The maximum absolute atomic E-state index is 11.7. The zero-order valence-electron chi connectivity index (χ0n) is 10.9. The van der Waals surface area contributed by atoms with Gasteiger partial charge in [-0.2, -0.15) is 0 Å². The maximum atomic E-state index is 11.7. The lowest BCUT2D eigenvalue weighted by molar-refractivity contribution is -0.162. The molecule has 4 heteroatoms. The molecule has 4 nitrogen and oxygen atoms in total. The van der Waals surface area contributed by atoms with E-state index in [0.29, 0.717) is 24.9 Å². The third-order valence-electron chi connectivity index (χ3n) is 5.41. The molecule has 3 heterocycles. The van der Waals surface area contributed by atoms with Gasteiger partial charge in [0, 0.05) is 6.54 Å². The van der Waals surface area contributed by atoms with Crippen LogP contribution in [0.15, 0.2) is 23.8 Å². The van der Waals surface area contributed by atoms with E-state index in [-0.39, 0.29) is 11.5 Å². The van der Waals surface area contributed by atoms with Crippen LogP contribution >= 0.6 is 0 Å². The van der Waals surface area contributed by atoms with Crippen LogP contribution in [0.5, 0.6) is 0 Å². The molecule has 2 fully saturated rings. The van der Waals surface area contributed by atoms with Crippen molar-refractivity contribution in [2.24, 2.45) is 11.8 Å². The second kappa shape index (κ2) is 3.93. The lowest BCUT2D eigenvalue weighted by Gasteiger charge is -2.55. The molecule has 0 bridgehead atoms. The van der Waals surface area contributed by atoms with E-state index in [9.17, 15) is 9.90 Å². The number of piperidine rings is 1. The molecule has 0 aromatic carbocycles. The number of aliphatic hydroxyl groups excluding tert-OH is 1. The molecular weight excluding hydrogens is 242 g/mol. The first-order valence-electron chi connectivity index (χ1n) is 7.18. The SMILES string of the molecule is O=C1C[C@H]2[C@H](CCN3CC=C4C=C[C@H](O)C[C@]423)CO1. The zero-order valence-corrected chi connectivity index (χ0v) is 10.9. The fourth-order valence-electron chi connectivity index (χ4n) is 4.57. The molecule has 3 aliphatic heterocycles. The third kappa shape index (κ3) is 1.50. The summed E-state index contributed by atoms with van der Waals surface area (Å²) >= 11 is 0. The number of nitrogens with zero attached hydrogens (tertiary/aromatic N) is 1. The van der Waals surface area contributed by atoms with Crippen LogP contribution in [0.3, 0.4) is 0 Å². The lowest BCUT2D eigenvalue weighted by atomic mass is 9.62. The molecule has 0 saturated carbocycles. The second-order valence-electron chi connectivity index (χ2n) is 6.20. The highest BCUT2D eigenvalue weighted by atomic mass is 16.5. The van der Waals surface area contributed by atoms with Crippen molar-refractivity contribution in [1.29, 1.82) is 0 Å². The molecule has 4 aliphatic rings. The number of carbonyl (C=O) groups excluding carboxylic acids is 1. The predicted octanol–water partition coefficient (Wildman–Crippen LogP) is 0.871. The average molecular weight is 261 g/mol. The van der Waals surface area contributed by atoms with Gasteiger partial charge in [-0.3, -0.25) is 9.69 Å². The molecule has 1 spiro atoms. The Morgan fingerprint density at radius 3 is 3.26 bits per heavy atom. The minimum absolute atomic E-state index is 0.0761. The molecule has 1 aliphatic carbocycles. The van der Waals surface area contributed by atoms with E-state index in [1.165, 1.54) is 5.57 Å². The Morgan fingerprint density at radius 1 is 1.47 bits per heavy atom. The van der Waals surface area contributed by atoms with Crippen LogP contribution in [-0.4, -0.2) is 47.3 Å². The molecule has 0 radical (unpaired) electrons. The summed E-state index contributed by atoms with van der Waals surface area (Å²) in [4.78, 5) is 14.2. The first kappa shape index (κ1) is 11.7. The second-order valence-corrected chi connectivity index (χ2v) is 6.20. The average Bonchev–Trinajstić information content (AvgIpc) is 2.77. The number of fused-ring (bicyclic) bond motifs is 1. The number of cyclic esters (lactones) is 1. The molecule has 102 valence electrons. The summed E-state index contributed by atoms with van der Waals surface area (Å²) in [6, 6.07) is 0. The molecule has 0 aromatic rings.